The lowest BCUT2D eigenvalue weighted by atomic mass is 10.2. The van der Waals surface area contributed by atoms with E-state index < -0.39 is 5.60 Å². The number of halogens is 1. The van der Waals surface area contributed by atoms with Crippen LogP contribution in [0.4, 0.5) is 4.79 Å². The van der Waals surface area contributed by atoms with Crippen LogP contribution in [0.3, 0.4) is 0 Å². The summed E-state index contributed by atoms with van der Waals surface area (Å²) in [6.45, 7) is 7.50. The van der Waals surface area contributed by atoms with Gasteiger partial charge in [-0.3, -0.25) is 4.79 Å². The highest BCUT2D eigenvalue weighted by atomic mass is 35.5. The molecule has 1 aliphatic rings. The summed E-state index contributed by atoms with van der Waals surface area (Å²) in [5, 5.41) is 0. The van der Waals surface area contributed by atoms with Crippen LogP contribution in [-0.2, 0) is 4.74 Å². The zero-order chi connectivity index (χ0) is 15.6. The van der Waals surface area contributed by atoms with E-state index in [-0.39, 0.29) is 12.0 Å². The standard InChI is InChI=1S/C14H19ClN2O3S/c1-14(2,3)20-13(19)17-8-6-16(7-9-17)12(18)10-4-5-11(15)21-10/h4-5H,6-9H2,1-3H3. The highest BCUT2D eigenvalue weighted by Gasteiger charge is 2.28. The third kappa shape index (κ3) is 4.35. The van der Waals surface area contributed by atoms with Gasteiger partial charge >= 0.3 is 6.09 Å². The number of carbonyl (C=O) groups is 2. The van der Waals surface area contributed by atoms with Crippen molar-refractivity contribution in [1.29, 1.82) is 0 Å². The van der Waals surface area contributed by atoms with Crippen LogP contribution in [0.1, 0.15) is 30.4 Å². The van der Waals surface area contributed by atoms with E-state index in [0.717, 1.165) is 0 Å². The van der Waals surface area contributed by atoms with Gasteiger partial charge in [0.05, 0.1) is 9.21 Å². The molecule has 1 aromatic rings. The summed E-state index contributed by atoms with van der Waals surface area (Å²) in [6.07, 6.45) is -0.325. The lowest BCUT2D eigenvalue weighted by molar-refractivity contribution is 0.0141. The molecule has 0 unspecified atom stereocenters. The van der Waals surface area contributed by atoms with Gasteiger partial charge in [0, 0.05) is 26.2 Å². The van der Waals surface area contributed by atoms with Crippen molar-refractivity contribution in [2.24, 2.45) is 0 Å². The van der Waals surface area contributed by atoms with Gasteiger partial charge in [-0.25, -0.2) is 4.79 Å². The number of rotatable bonds is 1. The smallest absolute Gasteiger partial charge is 0.410 e. The van der Waals surface area contributed by atoms with Crippen LogP contribution in [0.5, 0.6) is 0 Å². The first-order valence-corrected chi connectivity index (χ1v) is 7.98. The highest BCUT2D eigenvalue weighted by Crippen LogP contribution is 2.23. The molecule has 2 amide bonds. The Hall–Kier alpha value is -1.27. The molecule has 1 fully saturated rings. The molecule has 0 N–H and O–H groups in total. The molecule has 5 nitrogen and oxygen atoms in total. The van der Waals surface area contributed by atoms with Gasteiger partial charge in [-0.1, -0.05) is 11.6 Å². The molecule has 1 aliphatic heterocycles. The van der Waals surface area contributed by atoms with E-state index in [2.05, 4.69) is 0 Å². The number of ether oxygens (including phenoxy) is 1. The van der Waals surface area contributed by atoms with Gasteiger partial charge in [-0.2, -0.15) is 0 Å². The van der Waals surface area contributed by atoms with Crippen molar-refractivity contribution >= 4 is 34.9 Å². The Bertz CT molecular complexity index is 531. The molecular formula is C14H19ClN2O3S. The number of thiophene rings is 1. The molecule has 0 saturated carbocycles. The average molecular weight is 331 g/mol. The molecule has 0 aromatic carbocycles. The van der Waals surface area contributed by atoms with Gasteiger partial charge in [-0.05, 0) is 32.9 Å². The molecule has 1 aromatic heterocycles. The summed E-state index contributed by atoms with van der Waals surface area (Å²) in [5.41, 5.74) is -0.502. The van der Waals surface area contributed by atoms with Crippen molar-refractivity contribution in [2.75, 3.05) is 26.2 Å². The molecule has 0 radical (unpaired) electrons. The fourth-order valence-electron chi connectivity index (χ4n) is 2.00. The summed E-state index contributed by atoms with van der Waals surface area (Å²) in [6, 6.07) is 3.45. The summed E-state index contributed by atoms with van der Waals surface area (Å²) >= 11 is 7.12. The van der Waals surface area contributed by atoms with E-state index >= 15 is 0 Å². The zero-order valence-corrected chi connectivity index (χ0v) is 14.0. The summed E-state index contributed by atoms with van der Waals surface area (Å²) < 4.78 is 5.93. The van der Waals surface area contributed by atoms with Gasteiger partial charge < -0.3 is 14.5 Å². The number of carbonyl (C=O) groups excluding carboxylic acids is 2. The predicted octanol–water partition coefficient (Wildman–Crippen LogP) is 3.09. The third-order valence-corrected chi connectivity index (χ3v) is 4.22. The van der Waals surface area contributed by atoms with Crippen LogP contribution in [0, 0.1) is 0 Å². The van der Waals surface area contributed by atoms with E-state index in [1.807, 2.05) is 20.8 Å². The second-order valence-electron chi connectivity index (χ2n) is 5.86. The topological polar surface area (TPSA) is 49.9 Å². The van der Waals surface area contributed by atoms with Crippen LogP contribution in [-0.4, -0.2) is 53.6 Å². The number of hydrogen-bond donors (Lipinski definition) is 0. The minimum absolute atomic E-state index is 0.0317. The minimum atomic E-state index is -0.502. The van der Waals surface area contributed by atoms with Gasteiger partial charge in [0.15, 0.2) is 0 Å². The van der Waals surface area contributed by atoms with Crippen LogP contribution in [0.15, 0.2) is 12.1 Å². The van der Waals surface area contributed by atoms with E-state index in [1.165, 1.54) is 11.3 Å². The van der Waals surface area contributed by atoms with Crippen LogP contribution < -0.4 is 0 Å². The fourth-order valence-corrected chi connectivity index (χ4v) is 3.01. The fraction of sp³-hybridized carbons (Fsp3) is 0.571. The zero-order valence-electron chi connectivity index (χ0n) is 12.4. The van der Waals surface area contributed by atoms with Crippen molar-refractivity contribution in [3.63, 3.8) is 0 Å². The van der Waals surface area contributed by atoms with Crippen LogP contribution in [0.25, 0.3) is 0 Å². The molecule has 21 heavy (non-hydrogen) atoms. The van der Waals surface area contributed by atoms with E-state index in [0.29, 0.717) is 35.4 Å². The van der Waals surface area contributed by atoms with Crippen molar-refractivity contribution in [3.8, 4) is 0 Å². The Morgan fingerprint density at radius 2 is 1.71 bits per heavy atom. The second kappa shape index (κ2) is 6.23. The molecule has 7 heteroatoms. The van der Waals surface area contributed by atoms with Gasteiger partial charge in [0.25, 0.3) is 5.91 Å². The molecule has 2 rings (SSSR count). The summed E-state index contributed by atoms with van der Waals surface area (Å²) in [5.74, 6) is -0.0317. The Kier molecular flexibility index (Phi) is 4.78. The SMILES string of the molecule is CC(C)(C)OC(=O)N1CCN(C(=O)c2ccc(Cl)s2)CC1. The van der Waals surface area contributed by atoms with Crippen molar-refractivity contribution < 1.29 is 14.3 Å². The van der Waals surface area contributed by atoms with Crippen LogP contribution >= 0.6 is 22.9 Å². The first-order valence-electron chi connectivity index (χ1n) is 6.79. The monoisotopic (exact) mass is 330 g/mol. The number of nitrogens with zero attached hydrogens (tertiary/aromatic N) is 2. The first-order chi connectivity index (χ1) is 9.76. The molecule has 0 aliphatic carbocycles. The lowest BCUT2D eigenvalue weighted by Crippen LogP contribution is -2.51. The van der Waals surface area contributed by atoms with Crippen molar-refractivity contribution in [1.82, 2.24) is 9.80 Å². The van der Waals surface area contributed by atoms with Gasteiger partial charge in [0.2, 0.25) is 0 Å². The molecular weight excluding hydrogens is 312 g/mol. The van der Waals surface area contributed by atoms with E-state index in [9.17, 15) is 9.59 Å². The Morgan fingerprint density at radius 1 is 1.14 bits per heavy atom. The Morgan fingerprint density at radius 3 is 2.19 bits per heavy atom. The van der Waals surface area contributed by atoms with Gasteiger partial charge in [0.1, 0.15) is 5.60 Å². The Labute approximate surface area is 133 Å². The molecule has 2 heterocycles. The normalized spacial score (nSPS) is 16.0. The summed E-state index contributed by atoms with van der Waals surface area (Å²) in [4.78, 5) is 28.2. The van der Waals surface area contributed by atoms with Crippen LogP contribution in [0.2, 0.25) is 4.34 Å². The molecule has 0 spiro atoms. The van der Waals surface area contributed by atoms with E-state index in [4.69, 9.17) is 16.3 Å². The minimum Gasteiger partial charge on any atom is -0.444 e. The number of amides is 2. The largest absolute Gasteiger partial charge is 0.444 e. The predicted molar refractivity (Wildman–Crippen MR) is 83.0 cm³/mol. The second-order valence-corrected chi connectivity index (χ2v) is 7.58. The number of piperazine rings is 1. The maximum atomic E-state index is 12.3. The van der Waals surface area contributed by atoms with Crippen molar-refractivity contribution in [3.05, 3.63) is 21.3 Å². The quantitative estimate of drug-likeness (QED) is 0.795. The Balaban J connectivity index is 1.88. The third-order valence-electron chi connectivity index (χ3n) is 3.00. The highest BCUT2D eigenvalue weighted by molar-refractivity contribution is 7.17. The first kappa shape index (κ1) is 16.1. The molecule has 0 atom stereocenters. The molecule has 0 bridgehead atoms. The van der Waals surface area contributed by atoms with E-state index in [1.54, 1.807) is 21.9 Å². The average Bonchev–Trinajstić information content (AvgIpc) is 2.83. The molecule has 116 valence electrons. The van der Waals surface area contributed by atoms with Crippen molar-refractivity contribution in [2.45, 2.75) is 26.4 Å². The number of hydrogen-bond acceptors (Lipinski definition) is 4. The maximum absolute atomic E-state index is 12.3. The maximum Gasteiger partial charge on any atom is 0.410 e. The summed E-state index contributed by atoms with van der Waals surface area (Å²) in [7, 11) is 0. The molecule has 1 saturated heterocycles. The van der Waals surface area contributed by atoms with Gasteiger partial charge in [-0.15, -0.1) is 11.3 Å². The lowest BCUT2D eigenvalue weighted by Gasteiger charge is -2.35.